The summed E-state index contributed by atoms with van der Waals surface area (Å²) in [6.07, 6.45) is 2.78. The number of aliphatic hydroxyl groups excluding tert-OH is 1. The largest absolute Gasteiger partial charge is 0.466 e. The summed E-state index contributed by atoms with van der Waals surface area (Å²) in [6, 6.07) is 0. The Hall–Kier alpha value is -0.680. The first kappa shape index (κ1) is 19.3. The van der Waals surface area contributed by atoms with Gasteiger partial charge in [-0.25, -0.2) is 0 Å². The van der Waals surface area contributed by atoms with Crippen molar-refractivity contribution in [1.29, 1.82) is 0 Å². The van der Waals surface area contributed by atoms with Gasteiger partial charge in [0.2, 0.25) is 0 Å². The van der Waals surface area contributed by atoms with Gasteiger partial charge in [0.25, 0.3) is 0 Å². The molecule has 0 rings (SSSR count). The third-order valence-electron chi connectivity index (χ3n) is 2.29. The predicted molar refractivity (Wildman–Crippen MR) is 76.7 cm³/mol. The van der Waals surface area contributed by atoms with Crippen LogP contribution in [0, 0.1) is 0 Å². The molecule has 118 valence electrons. The van der Waals surface area contributed by atoms with Crippen molar-refractivity contribution < 1.29 is 28.3 Å². The molecular weight excluding hydrogens is 283 g/mol. The minimum Gasteiger partial charge on any atom is -0.466 e. The molecule has 0 aliphatic heterocycles. The van der Waals surface area contributed by atoms with Crippen LogP contribution in [0.3, 0.4) is 0 Å². The maximum atomic E-state index is 12.1. The van der Waals surface area contributed by atoms with E-state index in [1.807, 2.05) is 0 Å². The lowest BCUT2D eigenvalue weighted by molar-refractivity contribution is -0.143. The molecule has 20 heavy (non-hydrogen) atoms. The van der Waals surface area contributed by atoms with E-state index in [0.29, 0.717) is 19.8 Å². The van der Waals surface area contributed by atoms with Crippen LogP contribution < -0.4 is 0 Å². The van der Waals surface area contributed by atoms with Crippen LogP contribution in [-0.4, -0.2) is 43.2 Å². The number of carbonyl (C=O) groups excluding carboxylic acids is 1. The van der Waals surface area contributed by atoms with E-state index in [1.165, 1.54) is 6.08 Å². The summed E-state index contributed by atoms with van der Waals surface area (Å²) in [5.74, 6) is -0.339. The molecule has 1 N–H and O–H groups in total. The molecule has 0 aromatic rings. The summed E-state index contributed by atoms with van der Waals surface area (Å²) in [5.41, 5.74) is 0. The van der Waals surface area contributed by atoms with E-state index < -0.39 is 13.7 Å². The Kier molecular flexibility index (Phi) is 10.7. The van der Waals surface area contributed by atoms with E-state index in [0.717, 1.165) is 0 Å². The molecule has 0 aliphatic carbocycles. The van der Waals surface area contributed by atoms with Crippen LogP contribution in [0.2, 0.25) is 0 Å². The van der Waals surface area contributed by atoms with Gasteiger partial charge in [0.05, 0.1) is 32.1 Å². The zero-order valence-electron chi connectivity index (χ0n) is 12.4. The number of esters is 1. The maximum Gasteiger partial charge on any atom is 0.334 e. The summed E-state index contributed by atoms with van der Waals surface area (Å²) in [5, 5.41) is 9.66. The third kappa shape index (κ3) is 9.26. The van der Waals surface area contributed by atoms with Gasteiger partial charge in [0.1, 0.15) is 0 Å². The molecular formula is C13H25O6P. The first-order chi connectivity index (χ1) is 9.47. The highest BCUT2D eigenvalue weighted by atomic mass is 31.2. The molecule has 0 amide bonds. The van der Waals surface area contributed by atoms with Crippen molar-refractivity contribution in [3.63, 3.8) is 0 Å². The Bertz CT molecular complexity index is 332. The average molecular weight is 308 g/mol. The monoisotopic (exact) mass is 308 g/mol. The number of hydrogen-bond donors (Lipinski definition) is 1. The molecule has 0 fully saturated rings. The first-order valence-corrected chi connectivity index (χ1v) is 8.58. The Labute approximate surface area is 120 Å². The Morgan fingerprint density at radius 2 is 1.80 bits per heavy atom. The minimum absolute atomic E-state index is 0.102. The van der Waals surface area contributed by atoms with Crippen LogP contribution in [0.5, 0.6) is 0 Å². The minimum atomic E-state index is -3.11. The van der Waals surface area contributed by atoms with E-state index in [4.69, 9.17) is 13.8 Å². The first-order valence-electron chi connectivity index (χ1n) is 6.85. The van der Waals surface area contributed by atoms with Crippen molar-refractivity contribution in [2.24, 2.45) is 0 Å². The van der Waals surface area contributed by atoms with E-state index in [2.05, 4.69) is 0 Å². The summed E-state index contributed by atoms with van der Waals surface area (Å²) >= 11 is 0. The van der Waals surface area contributed by atoms with Crippen molar-refractivity contribution in [2.75, 3.05) is 26.0 Å². The quantitative estimate of drug-likeness (QED) is 0.359. The van der Waals surface area contributed by atoms with Gasteiger partial charge in [0, 0.05) is 6.42 Å². The van der Waals surface area contributed by atoms with Crippen molar-refractivity contribution >= 4 is 13.6 Å². The molecule has 1 atom stereocenters. The SMILES string of the molecule is CCOC(=O)CC[C@H](O)/C=C/CP(=O)(OCC)OCC. The van der Waals surface area contributed by atoms with E-state index in [9.17, 15) is 14.5 Å². The molecule has 7 heteroatoms. The van der Waals surface area contributed by atoms with Gasteiger partial charge >= 0.3 is 13.6 Å². The molecule has 0 saturated heterocycles. The second-order valence-electron chi connectivity index (χ2n) is 3.97. The normalized spacial score (nSPS) is 13.6. The van der Waals surface area contributed by atoms with Gasteiger partial charge in [-0.2, -0.15) is 0 Å². The average Bonchev–Trinajstić information content (AvgIpc) is 2.37. The fourth-order valence-electron chi connectivity index (χ4n) is 1.48. The van der Waals surface area contributed by atoms with Gasteiger partial charge in [0.15, 0.2) is 0 Å². The number of hydrogen-bond acceptors (Lipinski definition) is 6. The zero-order chi connectivity index (χ0) is 15.4. The van der Waals surface area contributed by atoms with Gasteiger partial charge in [-0.05, 0) is 27.2 Å². The smallest absolute Gasteiger partial charge is 0.334 e. The highest BCUT2D eigenvalue weighted by Crippen LogP contribution is 2.47. The van der Waals surface area contributed by atoms with Crippen molar-refractivity contribution in [1.82, 2.24) is 0 Å². The molecule has 0 spiro atoms. The number of aliphatic hydroxyl groups is 1. The third-order valence-corrected chi connectivity index (χ3v) is 4.25. The maximum absolute atomic E-state index is 12.1. The highest BCUT2D eigenvalue weighted by Gasteiger charge is 2.21. The van der Waals surface area contributed by atoms with E-state index in [1.54, 1.807) is 26.8 Å². The molecule has 0 aliphatic rings. The molecule has 0 bridgehead atoms. The lowest BCUT2D eigenvalue weighted by atomic mass is 10.2. The second kappa shape index (κ2) is 11.0. The summed E-state index contributed by atoms with van der Waals surface area (Å²) < 4.78 is 27.1. The van der Waals surface area contributed by atoms with Crippen LogP contribution in [0.4, 0.5) is 0 Å². The van der Waals surface area contributed by atoms with Crippen LogP contribution >= 0.6 is 7.60 Å². The fraction of sp³-hybridized carbons (Fsp3) is 0.769. The number of ether oxygens (including phenoxy) is 1. The Morgan fingerprint density at radius 3 is 2.30 bits per heavy atom. The number of rotatable bonds is 11. The van der Waals surface area contributed by atoms with E-state index >= 15 is 0 Å². The summed E-state index contributed by atoms with van der Waals surface area (Å²) in [4.78, 5) is 11.1. The van der Waals surface area contributed by atoms with E-state index in [-0.39, 0.29) is 25.0 Å². The second-order valence-corrected chi connectivity index (χ2v) is 6.07. The standard InChI is InChI=1S/C13H25O6P/c1-4-17-13(15)10-9-12(14)8-7-11-20(16,18-5-2)19-6-3/h7-8,12,14H,4-6,9-11H2,1-3H3/b8-7+/t12-/m1/s1. The molecule has 0 unspecified atom stereocenters. The molecule has 0 saturated carbocycles. The van der Waals surface area contributed by atoms with Gasteiger partial charge in [-0.15, -0.1) is 0 Å². The fourth-order valence-corrected chi connectivity index (χ4v) is 2.93. The lowest BCUT2D eigenvalue weighted by Crippen LogP contribution is -2.09. The Balaban J connectivity index is 4.14. The zero-order valence-corrected chi connectivity index (χ0v) is 13.3. The van der Waals surface area contributed by atoms with Crippen molar-refractivity contribution in [2.45, 2.75) is 39.7 Å². The van der Waals surface area contributed by atoms with Crippen molar-refractivity contribution in [3.05, 3.63) is 12.2 Å². The van der Waals surface area contributed by atoms with Crippen LogP contribution in [-0.2, 0) is 23.1 Å². The lowest BCUT2D eigenvalue weighted by Gasteiger charge is -2.15. The molecule has 0 aromatic heterocycles. The molecule has 0 aromatic carbocycles. The van der Waals surface area contributed by atoms with Crippen LogP contribution in [0.15, 0.2) is 12.2 Å². The summed E-state index contributed by atoms with van der Waals surface area (Å²) in [7, 11) is -3.11. The summed E-state index contributed by atoms with van der Waals surface area (Å²) in [6.45, 7) is 6.14. The number of allylic oxidation sites excluding steroid dienone is 1. The van der Waals surface area contributed by atoms with Crippen molar-refractivity contribution in [3.8, 4) is 0 Å². The molecule has 6 nitrogen and oxygen atoms in total. The van der Waals surface area contributed by atoms with Gasteiger partial charge in [-0.1, -0.05) is 12.2 Å². The topological polar surface area (TPSA) is 82.1 Å². The molecule has 0 radical (unpaired) electrons. The van der Waals surface area contributed by atoms with Crippen LogP contribution in [0.25, 0.3) is 0 Å². The Morgan fingerprint density at radius 1 is 1.20 bits per heavy atom. The van der Waals surface area contributed by atoms with Crippen LogP contribution in [0.1, 0.15) is 33.6 Å². The highest BCUT2D eigenvalue weighted by molar-refractivity contribution is 7.54. The molecule has 0 heterocycles. The number of carbonyl (C=O) groups is 1. The predicted octanol–water partition coefficient (Wildman–Crippen LogP) is 2.51. The van der Waals surface area contributed by atoms with Gasteiger partial charge < -0.3 is 18.9 Å². The van der Waals surface area contributed by atoms with Gasteiger partial charge in [-0.3, -0.25) is 9.36 Å².